The zero-order valence-electron chi connectivity index (χ0n) is 13.3. The van der Waals surface area contributed by atoms with Crippen LogP contribution in [0.1, 0.15) is 57.8 Å². The van der Waals surface area contributed by atoms with Crippen LogP contribution in [-0.2, 0) is 4.79 Å². The third-order valence-electron chi connectivity index (χ3n) is 5.19. The van der Waals surface area contributed by atoms with Crippen LogP contribution in [0.15, 0.2) is 0 Å². The van der Waals surface area contributed by atoms with Crippen LogP contribution < -0.4 is 10.6 Å². The fraction of sp³-hybridized carbons (Fsp3) is 0.941. The summed E-state index contributed by atoms with van der Waals surface area (Å²) in [6.07, 6.45) is 11.5. The maximum Gasteiger partial charge on any atom is 0.234 e. The van der Waals surface area contributed by atoms with E-state index < -0.39 is 0 Å². The van der Waals surface area contributed by atoms with Crippen molar-refractivity contribution in [2.75, 3.05) is 26.2 Å². The van der Waals surface area contributed by atoms with Crippen LogP contribution in [0.4, 0.5) is 0 Å². The third kappa shape index (κ3) is 5.26. The Labute approximate surface area is 129 Å². The Morgan fingerprint density at radius 3 is 2.48 bits per heavy atom. The summed E-state index contributed by atoms with van der Waals surface area (Å²) in [7, 11) is 0. The Balaban J connectivity index is 1.43. The Kier molecular flexibility index (Phi) is 5.53. The molecule has 4 heteroatoms. The molecule has 1 unspecified atom stereocenters. The van der Waals surface area contributed by atoms with E-state index in [1.807, 2.05) is 0 Å². The van der Waals surface area contributed by atoms with Crippen LogP contribution in [0, 0.1) is 5.92 Å². The molecule has 1 aliphatic heterocycles. The van der Waals surface area contributed by atoms with E-state index in [0.29, 0.717) is 18.6 Å². The van der Waals surface area contributed by atoms with Gasteiger partial charge in [-0.1, -0.05) is 19.3 Å². The zero-order chi connectivity index (χ0) is 14.5. The van der Waals surface area contributed by atoms with Gasteiger partial charge >= 0.3 is 0 Å². The SMILES string of the molecule is O=C(CN(CC1CC1)CC1CCCN1)NC1CCCCC1. The van der Waals surface area contributed by atoms with Crippen LogP contribution >= 0.6 is 0 Å². The van der Waals surface area contributed by atoms with Gasteiger partial charge in [0.25, 0.3) is 0 Å². The molecule has 0 bridgehead atoms. The number of hydrogen-bond acceptors (Lipinski definition) is 3. The number of nitrogens with zero attached hydrogens (tertiary/aromatic N) is 1. The van der Waals surface area contributed by atoms with Crippen molar-refractivity contribution < 1.29 is 4.79 Å². The monoisotopic (exact) mass is 293 g/mol. The molecule has 2 N–H and O–H groups in total. The predicted octanol–water partition coefficient (Wildman–Crippen LogP) is 1.90. The molecule has 0 aromatic rings. The van der Waals surface area contributed by atoms with Crippen molar-refractivity contribution in [2.24, 2.45) is 5.92 Å². The Bertz CT molecular complexity index is 331. The summed E-state index contributed by atoms with van der Waals surface area (Å²) in [4.78, 5) is 14.7. The summed E-state index contributed by atoms with van der Waals surface area (Å²) in [5.74, 6) is 1.11. The molecule has 2 saturated carbocycles. The van der Waals surface area contributed by atoms with Crippen LogP contribution in [0.2, 0.25) is 0 Å². The van der Waals surface area contributed by atoms with Gasteiger partial charge < -0.3 is 10.6 Å². The number of hydrogen-bond donors (Lipinski definition) is 2. The predicted molar refractivity (Wildman–Crippen MR) is 85.2 cm³/mol. The van der Waals surface area contributed by atoms with Crippen molar-refractivity contribution in [1.82, 2.24) is 15.5 Å². The highest BCUT2D eigenvalue weighted by atomic mass is 16.2. The maximum absolute atomic E-state index is 12.3. The Morgan fingerprint density at radius 2 is 1.81 bits per heavy atom. The van der Waals surface area contributed by atoms with Crippen molar-refractivity contribution in [2.45, 2.75) is 69.9 Å². The van der Waals surface area contributed by atoms with Gasteiger partial charge in [-0.15, -0.1) is 0 Å². The molecule has 21 heavy (non-hydrogen) atoms. The quantitative estimate of drug-likeness (QED) is 0.753. The summed E-state index contributed by atoms with van der Waals surface area (Å²) in [5, 5.41) is 6.83. The summed E-state index contributed by atoms with van der Waals surface area (Å²) in [6, 6.07) is 1.05. The highest BCUT2D eigenvalue weighted by Gasteiger charge is 2.28. The number of carbonyl (C=O) groups excluding carboxylic acids is 1. The average molecular weight is 293 g/mol. The molecular formula is C17H31N3O. The minimum absolute atomic E-state index is 0.251. The molecule has 3 fully saturated rings. The van der Waals surface area contributed by atoms with E-state index in [2.05, 4.69) is 15.5 Å². The summed E-state index contributed by atoms with van der Waals surface area (Å²) < 4.78 is 0. The van der Waals surface area contributed by atoms with Crippen LogP contribution in [0.25, 0.3) is 0 Å². The van der Waals surface area contributed by atoms with Gasteiger partial charge in [0.1, 0.15) is 0 Å². The van der Waals surface area contributed by atoms with E-state index in [0.717, 1.165) is 25.6 Å². The minimum atomic E-state index is 0.251. The van der Waals surface area contributed by atoms with Gasteiger partial charge in [-0.05, 0) is 51.0 Å². The standard InChI is InChI=1S/C17H31N3O/c21-17(19-15-5-2-1-3-6-15)13-20(11-14-8-9-14)12-16-7-4-10-18-16/h14-16,18H,1-13H2,(H,19,21). The highest BCUT2D eigenvalue weighted by molar-refractivity contribution is 5.78. The lowest BCUT2D eigenvalue weighted by Crippen LogP contribution is -2.46. The molecule has 4 nitrogen and oxygen atoms in total. The van der Waals surface area contributed by atoms with E-state index in [1.54, 1.807) is 0 Å². The van der Waals surface area contributed by atoms with Gasteiger partial charge in [0.2, 0.25) is 5.91 Å². The second-order valence-electron chi connectivity index (χ2n) is 7.33. The summed E-state index contributed by atoms with van der Waals surface area (Å²) >= 11 is 0. The average Bonchev–Trinajstić information content (AvgIpc) is 3.13. The smallest absolute Gasteiger partial charge is 0.234 e. The van der Waals surface area contributed by atoms with Gasteiger partial charge in [0.15, 0.2) is 0 Å². The normalized spacial score (nSPS) is 27.2. The molecule has 1 atom stereocenters. The fourth-order valence-corrected chi connectivity index (χ4v) is 3.82. The molecule has 0 radical (unpaired) electrons. The van der Waals surface area contributed by atoms with Crippen molar-refractivity contribution in [3.05, 3.63) is 0 Å². The highest BCUT2D eigenvalue weighted by Crippen LogP contribution is 2.30. The second-order valence-corrected chi connectivity index (χ2v) is 7.33. The topological polar surface area (TPSA) is 44.4 Å². The van der Waals surface area contributed by atoms with Crippen molar-refractivity contribution in [3.8, 4) is 0 Å². The molecule has 2 aliphatic carbocycles. The molecule has 1 amide bonds. The van der Waals surface area contributed by atoms with Gasteiger partial charge in [0, 0.05) is 25.2 Å². The van der Waals surface area contributed by atoms with E-state index >= 15 is 0 Å². The number of nitrogens with one attached hydrogen (secondary N) is 2. The van der Waals surface area contributed by atoms with Crippen LogP contribution in [-0.4, -0.2) is 49.1 Å². The molecule has 0 aromatic heterocycles. The van der Waals surface area contributed by atoms with E-state index in [4.69, 9.17) is 0 Å². The maximum atomic E-state index is 12.3. The number of carbonyl (C=O) groups is 1. The van der Waals surface area contributed by atoms with Gasteiger partial charge in [0.05, 0.1) is 6.54 Å². The lowest BCUT2D eigenvalue weighted by molar-refractivity contribution is -0.123. The molecule has 3 aliphatic rings. The fourth-order valence-electron chi connectivity index (χ4n) is 3.82. The van der Waals surface area contributed by atoms with E-state index in [1.165, 1.54) is 57.8 Å². The van der Waals surface area contributed by atoms with Crippen molar-refractivity contribution >= 4 is 5.91 Å². The molecule has 0 aromatic carbocycles. The van der Waals surface area contributed by atoms with Crippen LogP contribution in [0.5, 0.6) is 0 Å². The zero-order valence-corrected chi connectivity index (χ0v) is 13.3. The van der Waals surface area contributed by atoms with Gasteiger partial charge in [-0.3, -0.25) is 9.69 Å². The van der Waals surface area contributed by atoms with E-state index in [9.17, 15) is 4.79 Å². The van der Waals surface area contributed by atoms with E-state index in [-0.39, 0.29) is 5.91 Å². The molecule has 1 saturated heterocycles. The first-order valence-corrected chi connectivity index (χ1v) is 9.05. The Morgan fingerprint density at radius 1 is 1.00 bits per heavy atom. The van der Waals surface area contributed by atoms with Crippen molar-refractivity contribution in [3.63, 3.8) is 0 Å². The van der Waals surface area contributed by atoms with Crippen molar-refractivity contribution in [1.29, 1.82) is 0 Å². The number of rotatable bonds is 7. The molecule has 3 rings (SSSR count). The third-order valence-corrected chi connectivity index (χ3v) is 5.19. The Hall–Kier alpha value is -0.610. The summed E-state index contributed by atoms with van der Waals surface area (Å²) in [6.45, 7) is 3.92. The first-order valence-electron chi connectivity index (χ1n) is 9.05. The molecule has 1 heterocycles. The largest absolute Gasteiger partial charge is 0.352 e. The molecule has 0 spiro atoms. The molecule has 120 valence electrons. The van der Waals surface area contributed by atoms with Crippen LogP contribution in [0.3, 0.4) is 0 Å². The minimum Gasteiger partial charge on any atom is -0.352 e. The first kappa shape index (κ1) is 15.3. The second kappa shape index (κ2) is 7.59. The lowest BCUT2D eigenvalue weighted by atomic mass is 9.95. The van der Waals surface area contributed by atoms with Gasteiger partial charge in [-0.2, -0.15) is 0 Å². The lowest BCUT2D eigenvalue weighted by Gasteiger charge is -2.27. The first-order chi connectivity index (χ1) is 10.3. The summed E-state index contributed by atoms with van der Waals surface area (Å²) in [5.41, 5.74) is 0. The number of amides is 1. The molecular weight excluding hydrogens is 262 g/mol. The van der Waals surface area contributed by atoms with Gasteiger partial charge in [-0.25, -0.2) is 0 Å².